The summed E-state index contributed by atoms with van der Waals surface area (Å²) in [6.45, 7) is 7.98. The second kappa shape index (κ2) is 30.5. The molecule has 2 fully saturated rings. The number of aliphatic carboxylic acids is 1. The van der Waals surface area contributed by atoms with Gasteiger partial charge in [-0.2, -0.15) is 4.57 Å². The van der Waals surface area contributed by atoms with Crippen LogP contribution >= 0.6 is 23.1 Å². The second-order valence-corrected chi connectivity index (χ2v) is 19.8. The number of nitrogens with two attached hydrogens (primary N) is 1. The molecule has 5 amide bonds. The number of methoxy groups -OCH3 is 1. The van der Waals surface area contributed by atoms with Crippen LogP contribution in [0.4, 0.5) is 5.13 Å². The average molecular weight is 1200 g/mol. The number of aromatic nitrogens is 1. The summed E-state index contributed by atoms with van der Waals surface area (Å²) in [7, 11) is 5.44. The number of carbonyl (C=O) groups excluding carboxylic acids is 8. The smallest absolute Gasteiger partial charge is 0.352 e. The number of carbonyl (C=O) groups is 9. The maximum Gasteiger partial charge on any atom is 0.352 e. The predicted octanol–water partition coefficient (Wildman–Crippen LogP) is -2.17. The Morgan fingerprint density at radius 2 is 1.51 bits per heavy atom. The number of nitrogen functional groups attached to an aromatic ring is 1. The number of rotatable bonds is 23. The summed E-state index contributed by atoms with van der Waals surface area (Å²) < 4.78 is 16.6. The number of carboxylic acid groups (broad SMARTS) is 1. The Labute approximate surface area is 480 Å². The molecule has 0 bridgehead atoms. The number of aromatic hydroxyl groups is 4. The molecule has 3 aliphatic heterocycles. The molecule has 30 nitrogen and oxygen atoms in total. The van der Waals surface area contributed by atoms with Crippen molar-refractivity contribution in [3.05, 3.63) is 100 Å². The summed E-state index contributed by atoms with van der Waals surface area (Å²) in [6, 6.07) is -1.50. The highest BCUT2D eigenvalue weighted by atomic mass is 32.2. The molecule has 15 N–H and O–H groups in total. The normalized spacial score (nSPS) is 16.9. The van der Waals surface area contributed by atoms with Crippen molar-refractivity contribution in [3.8, 4) is 28.7 Å². The molecule has 0 saturated carbocycles. The zero-order valence-electron chi connectivity index (χ0n) is 45.2. The number of nitrogens with zero attached hydrogens (tertiary/aromatic N) is 3. The van der Waals surface area contributed by atoms with Crippen LogP contribution in [0.3, 0.4) is 0 Å². The van der Waals surface area contributed by atoms with Crippen LogP contribution in [0.2, 0.25) is 0 Å². The van der Waals surface area contributed by atoms with Gasteiger partial charge < -0.3 is 90.9 Å². The van der Waals surface area contributed by atoms with E-state index < -0.39 is 154 Å². The van der Waals surface area contributed by atoms with Crippen molar-refractivity contribution in [1.82, 2.24) is 26.2 Å². The number of para-hydroxylation sites is 1. The van der Waals surface area contributed by atoms with Gasteiger partial charge in [0, 0.05) is 38.2 Å². The Morgan fingerprint density at radius 1 is 0.892 bits per heavy atom. The third-order valence-electron chi connectivity index (χ3n) is 12.1. The Bertz CT molecular complexity index is 3100. The van der Waals surface area contributed by atoms with Crippen LogP contribution in [-0.4, -0.2) is 202 Å². The second-order valence-electron chi connectivity index (χ2n) is 17.8. The Hall–Kier alpha value is -9.24. The topological polar surface area (TPSA) is 450 Å². The lowest BCUT2D eigenvalue weighted by atomic mass is 10.0. The fraction of sp³-hybridized carbons (Fsp3) is 0.353. The number of phenols is 4. The number of hydrogen-bond donors (Lipinski definition) is 14. The first kappa shape index (κ1) is 66.3. The third kappa shape index (κ3) is 16.0. The number of aldehydes is 1. The van der Waals surface area contributed by atoms with Gasteiger partial charge in [0.25, 0.3) is 29.5 Å². The van der Waals surface area contributed by atoms with Gasteiger partial charge in [0.05, 0.1) is 37.9 Å². The number of carboxylic acids is 1. The van der Waals surface area contributed by atoms with E-state index in [0.29, 0.717) is 5.57 Å². The number of fused-ring (bicyclic) bond motifs is 1. The number of likely N-dealkylation sites (tertiary alicyclic amines) is 1. The van der Waals surface area contributed by atoms with Crippen LogP contribution in [0.1, 0.15) is 46.2 Å². The van der Waals surface area contributed by atoms with E-state index in [-0.39, 0.29) is 34.2 Å². The summed E-state index contributed by atoms with van der Waals surface area (Å²) in [5.74, 6) is -15.0. The number of β-lactam (4-membered cyclic amide) rings is 1. The van der Waals surface area contributed by atoms with E-state index in [1.54, 1.807) is 11.8 Å². The van der Waals surface area contributed by atoms with Crippen molar-refractivity contribution in [1.29, 1.82) is 0 Å². The molecule has 448 valence electrons. The van der Waals surface area contributed by atoms with Crippen LogP contribution in [0, 0.1) is 0 Å². The number of hydrogen-bond acceptors (Lipinski definition) is 24. The number of anilines is 1. The van der Waals surface area contributed by atoms with Gasteiger partial charge in [0.1, 0.15) is 55.3 Å². The zero-order valence-corrected chi connectivity index (χ0v) is 46.8. The fourth-order valence-electron chi connectivity index (χ4n) is 8.03. The number of aliphatic hydroxyl groups excluding tert-OH is 3. The predicted molar refractivity (Wildman–Crippen MR) is 292 cm³/mol. The summed E-state index contributed by atoms with van der Waals surface area (Å²) in [5, 5.41) is 91.4. The molecule has 32 heteroatoms. The lowest BCUT2D eigenvalue weighted by Crippen LogP contribution is -3.06. The molecule has 3 aliphatic rings. The number of quaternary nitrogens is 1. The molecule has 5 unspecified atom stereocenters. The first-order valence-electron chi connectivity index (χ1n) is 24.5. The highest BCUT2D eigenvalue weighted by molar-refractivity contribution is 8.00. The van der Waals surface area contributed by atoms with E-state index >= 15 is 0 Å². The molecule has 0 radical (unpaired) electrons. The number of aliphatic hydroxyl groups is 3. The van der Waals surface area contributed by atoms with Crippen molar-refractivity contribution in [2.75, 3.05) is 72.8 Å². The highest BCUT2D eigenvalue weighted by Crippen LogP contribution is 2.40. The van der Waals surface area contributed by atoms with Crippen molar-refractivity contribution in [3.63, 3.8) is 0 Å². The van der Waals surface area contributed by atoms with E-state index in [0.717, 1.165) is 78.5 Å². The Kier molecular flexibility index (Phi) is 24.4. The number of esters is 2. The van der Waals surface area contributed by atoms with E-state index in [2.05, 4.69) is 46.6 Å². The van der Waals surface area contributed by atoms with Gasteiger partial charge in [-0.3, -0.25) is 34.6 Å². The molecular weight excluding hydrogens is 1140 g/mol. The summed E-state index contributed by atoms with van der Waals surface area (Å²) >= 11 is 1.99. The minimum absolute atomic E-state index is 0.110. The van der Waals surface area contributed by atoms with Gasteiger partial charge in [0.15, 0.2) is 58.0 Å². The van der Waals surface area contributed by atoms with Crippen LogP contribution in [0.25, 0.3) is 5.69 Å². The minimum Gasteiger partial charge on any atom is -0.505 e. The molecule has 83 heavy (non-hydrogen) atoms. The Balaban J connectivity index is 0.00000171. The number of amides is 5. The Morgan fingerprint density at radius 3 is 2.07 bits per heavy atom. The van der Waals surface area contributed by atoms with Crippen molar-refractivity contribution in [2.45, 2.75) is 49.3 Å². The first-order valence-corrected chi connectivity index (χ1v) is 26.4. The van der Waals surface area contributed by atoms with Gasteiger partial charge in [-0.1, -0.05) is 41.8 Å². The lowest BCUT2D eigenvalue weighted by molar-refractivity contribution is -0.866. The number of phenolic OH excluding ortho intramolecular Hbond substituents is 4. The average Bonchev–Trinajstić information content (AvgIpc) is 2.36. The molecule has 0 spiro atoms. The van der Waals surface area contributed by atoms with Crippen LogP contribution in [0.15, 0.2) is 88.5 Å². The zero-order chi connectivity index (χ0) is 62.0. The summed E-state index contributed by atoms with van der Waals surface area (Å²) in [5.41, 5.74) is 3.47. The number of benzene rings is 2. The van der Waals surface area contributed by atoms with Crippen molar-refractivity contribution in [2.24, 2.45) is 5.16 Å². The van der Waals surface area contributed by atoms with Crippen molar-refractivity contribution >= 4 is 87.7 Å². The minimum atomic E-state index is -2.03. The van der Waals surface area contributed by atoms with Crippen LogP contribution < -0.4 is 36.5 Å². The number of thioether (sulfide) groups is 1. The molecule has 2 aromatic carbocycles. The summed E-state index contributed by atoms with van der Waals surface area (Å²) in [6.07, 6.45) is 3.83. The van der Waals surface area contributed by atoms with Gasteiger partial charge in [-0.15, -0.1) is 11.8 Å². The van der Waals surface area contributed by atoms with Gasteiger partial charge in [0.2, 0.25) is 5.71 Å². The van der Waals surface area contributed by atoms with E-state index in [4.69, 9.17) is 29.9 Å². The van der Waals surface area contributed by atoms with Crippen molar-refractivity contribution < 1.29 is 113 Å². The standard InChI is InChI=1S/C45H46N8O20S2.C5H11N.CH4O/c1-6-21(33(58)19(3)55)36(61)47-20(12-54)13-72-44(69)24(48-37(62)22-8-7-9-27(56)34(22)59)15-73-43(68)23(14-70-4)49-38(63)29-25(10-11-28(57)35(29)60)52-26(17-75-45(52)46)30(51-71-5)39(64)50-31-40(65)53-32(42(66)67)18(2)16-74-41(31)53;1-6-4-2-3-5-6;1-2/h6-12,17,20,23-24,31,41,46H,1,3,13-16H2,2,4-5H3,(H11,47,48,49,50,51,55,56,57,58,59,60,61,62,63,64,66,67);2-5H2,1H3;2H,1H3/p+2. The maximum absolute atomic E-state index is 14.2. The number of thiazole rings is 1. The summed E-state index contributed by atoms with van der Waals surface area (Å²) in [4.78, 5) is 126. The SMILES string of the molecule is C=C/C(C(=O)NC(C=O)COC(=O)C(COC(=O)C(COC)NC(=O)c1c(-[n+]2c(/C(=N/OC)C(=O)NC3C(=O)N4C(C(=O)O)=C(C)CSC34)csc2N)ccc(O)c1O)NC(=O)c1cccc(O)c1O)=C(/O)C(=C)O.CO.C[NH+]1CCCC1. The molecule has 4 heterocycles. The molecular formula is C51H63N9O21S2+2. The molecule has 0 aliphatic carbocycles. The number of nitrogens with one attached hydrogen (secondary N) is 5. The highest BCUT2D eigenvalue weighted by Gasteiger charge is 2.54. The number of ether oxygens (including phenoxy) is 3. The van der Waals surface area contributed by atoms with Gasteiger partial charge in [-0.05, 0) is 36.8 Å². The first-order chi connectivity index (χ1) is 39.4. The van der Waals surface area contributed by atoms with E-state index in [9.17, 15) is 78.9 Å². The molecule has 5 atom stereocenters. The van der Waals surface area contributed by atoms with Gasteiger partial charge in [-0.25, -0.2) is 14.4 Å². The molecule has 6 rings (SSSR count). The largest absolute Gasteiger partial charge is 0.505 e. The third-order valence-corrected chi connectivity index (χ3v) is 14.3. The van der Waals surface area contributed by atoms with Crippen LogP contribution in [-0.2, 0) is 52.6 Å². The molecule has 3 aromatic rings. The number of oxime groups is 1. The van der Waals surface area contributed by atoms with E-state index in [1.165, 1.54) is 43.1 Å². The van der Waals surface area contributed by atoms with Gasteiger partial charge >= 0.3 is 23.0 Å². The lowest BCUT2D eigenvalue weighted by Gasteiger charge is -2.49. The monoisotopic (exact) mass is 1200 g/mol. The quantitative estimate of drug-likeness (QED) is 0.00459. The molecule has 2 saturated heterocycles. The van der Waals surface area contributed by atoms with Crippen LogP contribution in [0.5, 0.6) is 23.0 Å². The van der Waals surface area contributed by atoms with E-state index in [1.807, 2.05) is 0 Å². The molecule has 1 aromatic heterocycles. The maximum atomic E-state index is 14.2. The fourth-order valence-corrected chi connectivity index (χ4v) is 10.1.